The molecule has 138 valence electrons. The van der Waals surface area contributed by atoms with Crippen LogP contribution in [0.3, 0.4) is 0 Å². The van der Waals surface area contributed by atoms with Crippen LogP contribution in [-0.2, 0) is 9.84 Å². The van der Waals surface area contributed by atoms with Crippen molar-refractivity contribution in [2.45, 2.75) is 31.7 Å². The quantitative estimate of drug-likeness (QED) is 0.889. The standard InChI is InChI=1S/C19H24N4O2S/c24-26(25)12-9-16(14-26)20-19-21-17(15-7-3-1-4-8-15)13-18(22-19)23-10-5-2-6-11-23/h1,3-4,7-8,13,16H,2,5-6,9-12,14H2,(H,20,21,22). The van der Waals surface area contributed by atoms with Gasteiger partial charge in [-0.3, -0.25) is 0 Å². The lowest BCUT2D eigenvalue weighted by molar-refractivity contribution is 0.573. The molecule has 26 heavy (non-hydrogen) atoms. The molecule has 0 aliphatic carbocycles. The second-order valence-electron chi connectivity index (χ2n) is 7.09. The van der Waals surface area contributed by atoms with E-state index >= 15 is 0 Å². The molecule has 1 aromatic carbocycles. The van der Waals surface area contributed by atoms with Crippen LogP contribution in [0.5, 0.6) is 0 Å². The zero-order valence-electron chi connectivity index (χ0n) is 14.8. The first-order valence-corrected chi connectivity index (χ1v) is 11.1. The van der Waals surface area contributed by atoms with Gasteiger partial charge in [0, 0.05) is 30.8 Å². The third-order valence-corrected chi connectivity index (χ3v) is 6.80. The number of sulfone groups is 1. The number of benzene rings is 1. The summed E-state index contributed by atoms with van der Waals surface area (Å²) < 4.78 is 23.5. The third kappa shape index (κ3) is 3.98. The first-order valence-electron chi connectivity index (χ1n) is 9.25. The van der Waals surface area contributed by atoms with Crippen LogP contribution in [0.1, 0.15) is 25.7 Å². The fourth-order valence-electron chi connectivity index (χ4n) is 3.63. The first kappa shape index (κ1) is 17.3. The van der Waals surface area contributed by atoms with Crippen molar-refractivity contribution in [1.82, 2.24) is 9.97 Å². The lowest BCUT2D eigenvalue weighted by Gasteiger charge is -2.28. The van der Waals surface area contributed by atoms with E-state index in [1.54, 1.807) is 0 Å². The molecule has 0 spiro atoms. The zero-order chi connectivity index (χ0) is 18.0. The van der Waals surface area contributed by atoms with Gasteiger partial charge in [0.15, 0.2) is 9.84 Å². The molecule has 6 nitrogen and oxygen atoms in total. The molecule has 0 bridgehead atoms. The molecule has 0 radical (unpaired) electrons. The van der Waals surface area contributed by atoms with E-state index in [2.05, 4.69) is 15.2 Å². The van der Waals surface area contributed by atoms with Gasteiger partial charge in [-0.05, 0) is 25.7 Å². The van der Waals surface area contributed by atoms with Gasteiger partial charge in [-0.1, -0.05) is 30.3 Å². The highest BCUT2D eigenvalue weighted by Crippen LogP contribution is 2.26. The molecule has 2 fully saturated rings. The van der Waals surface area contributed by atoms with Crippen LogP contribution in [-0.4, -0.2) is 49.0 Å². The van der Waals surface area contributed by atoms with E-state index in [9.17, 15) is 8.42 Å². The van der Waals surface area contributed by atoms with Gasteiger partial charge in [-0.25, -0.2) is 13.4 Å². The fourth-order valence-corrected chi connectivity index (χ4v) is 5.31. The van der Waals surface area contributed by atoms with Crippen molar-refractivity contribution in [2.24, 2.45) is 0 Å². The van der Waals surface area contributed by atoms with Crippen molar-refractivity contribution in [3.05, 3.63) is 36.4 Å². The van der Waals surface area contributed by atoms with E-state index in [1.807, 2.05) is 36.4 Å². The van der Waals surface area contributed by atoms with Gasteiger partial charge in [-0.2, -0.15) is 4.98 Å². The second kappa shape index (κ2) is 7.23. The maximum Gasteiger partial charge on any atom is 0.225 e. The van der Waals surface area contributed by atoms with Crippen LogP contribution in [0, 0.1) is 0 Å². The van der Waals surface area contributed by atoms with Gasteiger partial charge in [-0.15, -0.1) is 0 Å². The highest BCUT2D eigenvalue weighted by atomic mass is 32.2. The minimum atomic E-state index is -2.94. The maximum atomic E-state index is 11.7. The van der Waals surface area contributed by atoms with E-state index in [0.29, 0.717) is 12.4 Å². The molecule has 7 heteroatoms. The van der Waals surface area contributed by atoms with E-state index in [4.69, 9.17) is 4.98 Å². The first-order chi connectivity index (χ1) is 12.6. The summed E-state index contributed by atoms with van der Waals surface area (Å²) in [7, 11) is -2.94. The van der Waals surface area contributed by atoms with Crippen molar-refractivity contribution in [3.8, 4) is 11.3 Å². The average Bonchev–Trinajstić information content (AvgIpc) is 3.01. The monoisotopic (exact) mass is 372 g/mol. The highest BCUT2D eigenvalue weighted by molar-refractivity contribution is 7.91. The van der Waals surface area contributed by atoms with Crippen LogP contribution in [0.15, 0.2) is 36.4 Å². The fraction of sp³-hybridized carbons (Fsp3) is 0.474. The van der Waals surface area contributed by atoms with E-state index in [0.717, 1.165) is 30.2 Å². The smallest absolute Gasteiger partial charge is 0.225 e. The predicted molar refractivity (Wildman–Crippen MR) is 104 cm³/mol. The summed E-state index contributed by atoms with van der Waals surface area (Å²) in [6.07, 6.45) is 4.22. The molecule has 2 aromatic rings. The van der Waals surface area contributed by atoms with Crippen molar-refractivity contribution in [2.75, 3.05) is 34.8 Å². The van der Waals surface area contributed by atoms with Crippen molar-refractivity contribution in [3.63, 3.8) is 0 Å². The summed E-state index contributed by atoms with van der Waals surface area (Å²) in [5.74, 6) is 1.84. The lowest BCUT2D eigenvalue weighted by atomic mass is 10.1. The Morgan fingerprint density at radius 3 is 2.50 bits per heavy atom. The Morgan fingerprint density at radius 1 is 1.04 bits per heavy atom. The van der Waals surface area contributed by atoms with Crippen LogP contribution < -0.4 is 10.2 Å². The van der Waals surface area contributed by atoms with E-state index < -0.39 is 9.84 Å². The van der Waals surface area contributed by atoms with E-state index in [-0.39, 0.29) is 17.5 Å². The van der Waals surface area contributed by atoms with Crippen molar-refractivity contribution < 1.29 is 8.42 Å². The van der Waals surface area contributed by atoms with Crippen LogP contribution >= 0.6 is 0 Å². The molecule has 1 aromatic heterocycles. The minimum absolute atomic E-state index is 0.111. The Morgan fingerprint density at radius 2 is 1.81 bits per heavy atom. The summed E-state index contributed by atoms with van der Waals surface area (Å²) in [5.41, 5.74) is 1.90. The Balaban J connectivity index is 1.66. The summed E-state index contributed by atoms with van der Waals surface area (Å²) in [6.45, 7) is 2.00. The molecule has 2 saturated heterocycles. The Hall–Kier alpha value is -2.15. The van der Waals surface area contributed by atoms with Gasteiger partial charge in [0.25, 0.3) is 0 Å². The largest absolute Gasteiger partial charge is 0.356 e. The van der Waals surface area contributed by atoms with Crippen molar-refractivity contribution in [1.29, 1.82) is 0 Å². The Bertz CT molecular complexity index is 864. The molecule has 1 atom stereocenters. The molecule has 4 rings (SSSR count). The predicted octanol–water partition coefficient (Wildman–Crippen LogP) is 2.73. The number of nitrogens with zero attached hydrogens (tertiary/aromatic N) is 3. The van der Waals surface area contributed by atoms with E-state index in [1.165, 1.54) is 19.3 Å². The lowest BCUT2D eigenvalue weighted by Crippen LogP contribution is -2.31. The summed E-state index contributed by atoms with van der Waals surface area (Å²) in [5, 5.41) is 3.26. The Labute approximate surface area is 154 Å². The van der Waals surface area contributed by atoms with Crippen LogP contribution in [0.25, 0.3) is 11.3 Å². The molecule has 0 amide bonds. The molecule has 3 heterocycles. The van der Waals surface area contributed by atoms with Gasteiger partial charge in [0.1, 0.15) is 5.82 Å². The number of piperidine rings is 1. The molecule has 0 saturated carbocycles. The van der Waals surface area contributed by atoms with Crippen LogP contribution in [0.4, 0.5) is 11.8 Å². The number of nitrogens with one attached hydrogen (secondary N) is 1. The van der Waals surface area contributed by atoms with Gasteiger partial charge < -0.3 is 10.2 Å². The molecular weight excluding hydrogens is 348 g/mol. The molecule has 1 unspecified atom stereocenters. The average molecular weight is 372 g/mol. The summed E-state index contributed by atoms with van der Waals surface area (Å²) in [4.78, 5) is 11.7. The third-order valence-electron chi connectivity index (χ3n) is 5.03. The highest BCUT2D eigenvalue weighted by Gasteiger charge is 2.28. The molecular formula is C19H24N4O2S. The molecule has 2 aliphatic heterocycles. The zero-order valence-corrected chi connectivity index (χ0v) is 15.6. The van der Waals surface area contributed by atoms with Gasteiger partial charge in [0.05, 0.1) is 17.2 Å². The summed E-state index contributed by atoms with van der Waals surface area (Å²) >= 11 is 0. The number of hydrogen-bond donors (Lipinski definition) is 1. The normalized spacial score (nSPS) is 22.3. The second-order valence-corrected chi connectivity index (χ2v) is 9.32. The summed E-state index contributed by atoms with van der Waals surface area (Å²) in [6, 6.07) is 12.0. The molecule has 1 N–H and O–H groups in total. The topological polar surface area (TPSA) is 75.2 Å². The number of anilines is 2. The van der Waals surface area contributed by atoms with Crippen molar-refractivity contribution >= 4 is 21.6 Å². The van der Waals surface area contributed by atoms with Gasteiger partial charge >= 0.3 is 0 Å². The Kier molecular flexibility index (Phi) is 4.80. The van der Waals surface area contributed by atoms with Crippen LogP contribution in [0.2, 0.25) is 0 Å². The van der Waals surface area contributed by atoms with Gasteiger partial charge in [0.2, 0.25) is 5.95 Å². The maximum absolute atomic E-state index is 11.7. The number of rotatable bonds is 4. The minimum Gasteiger partial charge on any atom is -0.356 e. The molecule has 2 aliphatic rings. The number of aromatic nitrogens is 2. The number of hydrogen-bond acceptors (Lipinski definition) is 6. The SMILES string of the molecule is O=S1(=O)CCC(Nc2nc(-c3ccccc3)cc(N3CCCCC3)n2)C1.